The number of allylic oxidation sites excluding steroid dienone is 2. The fraction of sp³-hybridized carbons (Fsp3) is 0.355. The van der Waals surface area contributed by atoms with E-state index in [0.29, 0.717) is 28.5 Å². The van der Waals surface area contributed by atoms with Crippen molar-refractivity contribution in [2.45, 2.75) is 57.3 Å². The molecular weight excluding hydrogens is 541 g/mol. The molecule has 42 heavy (non-hydrogen) atoms. The number of carbonyl (C=O) groups is 2. The van der Waals surface area contributed by atoms with Crippen LogP contribution in [0.15, 0.2) is 71.8 Å². The SMILES string of the molecule is CC(C)(O)COC1=CN/C(=C(\C=N)C(=O)NC2CC3(C2)CC(Oc2cc(-c4cccc(F)n4)ccc2C(N)=O)C3)C=C1. The molecule has 0 unspecified atom stereocenters. The third kappa shape index (κ3) is 6.52. The van der Waals surface area contributed by atoms with Crippen molar-refractivity contribution in [1.82, 2.24) is 15.6 Å². The van der Waals surface area contributed by atoms with Crippen molar-refractivity contribution >= 4 is 18.0 Å². The van der Waals surface area contributed by atoms with Crippen LogP contribution in [0, 0.1) is 16.8 Å². The molecule has 2 heterocycles. The van der Waals surface area contributed by atoms with Gasteiger partial charge < -0.3 is 36.4 Å². The quantitative estimate of drug-likeness (QED) is 0.165. The highest BCUT2D eigenvalue weighted by Gasteiger charge is 2.54. The zero-order valence-corrected chi connectivity index (χ0v) is 23.4. The third-order valence-electron chi connectivity index (χ3n) is 7.62. The maximum Gasteiger partial charge on any atom is 0.255 e. The highest BCUT2D eigenvalue weighted by atomic mass is 19.1. The molecule has 3 aliphatic rings. The summed E-state index contributed by atoms with van der Waals surface area (Å²) in [5.41, 5.74) is 6.60. The van der Waals surface area contributed by atoms with E-state index in [-0.39, 0.29) is 41.2 Å². The first-order chi connectivity index (χ1) is 19.9. The molecule has 2 fully saturated rings. The number of benzene rings is 1. The Bertz CT molecular complexity index is 1500. The van der Waals surface area contributed by atoms with Crippen molar-refractivity contribution in [2.24, 2.45) is 11.1 Å². The van der Waals surface area contributed by atoms with E-state index in [9.17, 15) is 19.1 Å². The molecule has 6 N–H and O–H groups in total. The van der Waals surface area contributed by atoms with E-state index in [1.165, 1.54) is 6.07 Å². The zero-order chi connectivity index (χ0) is 30.1. The number of carbonyl (C=O) groups excluding carboxylic acids is 2. The van der Waals surface area contributed by atoms with Gasteiger partial charge in [-0.2, -0.15) is 4.39 Å². The Morgan fingerprint density at radius 1 is 1.24 bits per heavy atom. The summed E-state index contributed by atoms with van der Waals surface area (Å²) in [6.07, 6.45) is 8.92. The number of ether oxygens (including phenoxy) is 2. The van der Waals surface area contributed by atoms with Crippen LogP contribution in [0.1, 0.15) is 49.9 Å². The van der Waals surface area contributed by atoms with E-state index in [4.69, 9.17) is 20.6 Å². The first-order valence-electron chi connectivity index (χ1n) is 13.7. The van der Waals surface area contributed by atoms with Crippen LogP contribution in [0.5, 0.6) is 5.75 Å². The number of nitrogens with zero attached hydrogens (tertiary/aromatic N) is 1. The summed E-state index contributed by atoms with van der Waals surface area (Å²) in [5, 5.41) is 23.6. The molecule has 220 valence electrons. The van der Waals surface area contributed by atoms with Crippen molar-refractivity contribution < 1.29 is 28.6 Å². The lowest BCUT2D eigenvalue weighted by molar-refractivity contribution is -0.123. The summed E-state index contributed by atoms with van der Waals surface area (Å²) in [5.74, 6) is -0.708. The number of nitrogens with two attached hydrogens (primary N) is 1. The number of hydrogen-bond acceptors (Lipinski definition) is 8. The van der Waals surface area contributed by atoms with Crippen molar-refractivity contribution in [1.29, 1.82) is 5.41 Å². The molecule has 1 aliphatic heterocycles. The van der Waals surface area contributed by atoms with Gasteiger partial charge in [-0.05, 0) is 81.4 Å². The Labute approximate surface area is 243 Å². The molecule has 1 aromatic heterocycles. The number of amides is 2. The maximum atomic E-state index is 13.6. The van der Waals surface area contributed by atoms with E-state index >= 15 is 0 Å². The summed E-state index contributed by atoms with van der Waals surface area (Å²) >= 11 is 0. The lowest BCUT2D eigenvalue weighted by Gasteiger charge is -2.57. The summed E-state index contributed by atoms with van der Waals surface area (Å²) in [6, 6.07) is 9.37. The minimum atomic E-state index is -0.975. The molecular formula is C31H34FN5O5. The van der Waals surface area contributed by atoms with Crippen LogP contribution in [0.25, 0.3) is 11.3 Å². The van der Waals surface area contributed by atoms with Crippen LogP contribution in [0.4, 0.5) is 4.39 Å². The number of hydrogen-bond donors (Lipinski definition) is 5. The fourth-order valence-corrected chi connectivity index (χ4v) is 5.60. The molecule has 5 rings (SSSR count). The topological polar surface area (TPSA) is 160 Å². The van der Waals surface area contributed by atoms with E-state index < -0.39 is 17.5 Å². The van der Waals surface area contributed by atoms with Gasteiger partial charge in [0.15, 0.2) is 0 Å². The summed E-state index contributed by atoms with van der Waals surface area (Å²) in [4.78, 5) is 28.8. The van der Waals surface area contributed by atoms with Crippen LogP contribution >= 0.6 is 0 Å². The first kappa shape index (κ1) is 29.0. The highest BCUT2D eigenvalue weighted by molar-refractivity contribution is 6.12. The van der Waals surface area contributed by atoms with E-state index in [2.05, 4.69) is 15.6 Å². The standard InChI is InChI=1S/C31H34FN5O5/c1-30(2,40)17-41-20-7-9-25(35-16-20)23(15-33)29(39)36-19-11-31(12-19)13-21(14-31)42-26-10-18(6-8-22(26)28(34)38)24-4-3-5-27(32)37-24/h3-10,15-16,19,21,33,35,40H,11-14,17H2,1-2H3,(H2,34,38)(H,36,39)/b25-23+,33-15?. The van der Waals surface area contributed by atoms with E-state index in [1.54, 1.807) is 62.5 Å². The Balaban J connectivity index is 1.14. The minimum absolute atomic E-state index is 0.0219. The Kier molecular flexibility index (Phi) is 7.87. The first-order valence-corrected chi connectivity index (χ1v) is 13.7. The summed E-state index contributed by atoms with van der Waals surface area (Å²) in [6.45, 7) is 3.40. The maximum absolute atomic E-state index is 13.6. The van der Waals surface area contributed by atoms with Crippen LogP contribution in [-0.2, 0) is 9.53 Å². The predicted molar refractivity (Wildman–Crippen MR) is 154 cm³/mol. The lowest BCUT2D eigenvalue weighted by Crippen LogP contribution is -2.59. The number of halogens is 1. The zero-order valence-electron chi connectivity index (χ0n) is 23.4. The van der Waals surface area contributed by atoms with Crippen molar-refractivity contribution in [3.63, 3.8) is 0 Å². The average molecular weight is 576 g/mol. The van der Waals surface area contributed by atoms with Crippen molar-refractivity contribution in [3.8, 4) is 17.0 Å². The fourth-order valence-electron chi connectivity index (χ4n) is 5.60. The molecule has 0 atom stereocenters. The Morgan fingerprint density at radius 2 is 2.00 bits per heavy atom. The van der Waals surface area contributed by atoms with Gasteiger partial charge >= 0.3 is 0 Å². The molecule has 2 aliphatic carbocycles. The number of primary amides is 1. The van der Waals surface area contributed by atoms with Gasteiger partial charge in [-0.1, -0.05) is 12.1 Å². The normalized spacial score (nSPS) is 24.0. The van der Waals surface area contributed by atoms with Gasteiger partial charge in [0.25, 0.3) is 11.8 Å². The lowest BCUT2D eigenvalue weighted by atomic mass is 9.53. The van der Waals surface area contributed by atoms with Gasteiger partial charge in [-0.3, -0.25) is 9.59 Å². The molecule has 0 saturated heterocycles. The van der Waals surface area contributed by atoms with Gasteiger partial charge in [0.2, 0.25) is 5.95 Å². The number of nitrogens with one attached hydrogen (secondary N) is 3. The van der Waals surface area contributed by atoms with Crippen molar-refractivity contribution in [3.05, 3.63) is 83.3 Å². The number of rotatable bonds is 10. The molecule has 2 saturated carbocycles. The van der Waals surface area contributed by atoms with Crippen LogP contribution in [-0.4, -0.2) is 52.5 Å². The molecule has 10 nitrogen and oxygen atoms in total. The van der Waals surface area contributed by atoms with Gasteiger partial charge in [0.1, 0.15) is 18.1 Å². The van der Waals surface area contributed by atoms with Gasteiger partial charge in [-0.25, -0.2) is 4.98 Å². The second-order valence-corrected chi connectivity index (χ2v) is 11.7. The van der Waals surface area contributed by atoms with Crippen LogP contribution in [0.2, 0.25) is 0 Å². The number of aromatic nitrogens is 1. The second kappa shape index (κ2) is 11.4. The number of dihydropyridines is 1. The summed E-state index contributed by atoms with van der Waals surface area (Å²) < 4.78 is 25.3. The van der Waals surface area contributed by atoms with Crippen LogP contribution in [0.3, 0.4) is 0 Å². The smallest absolute Gasteiger partial charge is 0.255 e. The third-order valence-corrected chi connectivity index (χ3v) is 7.62. The monoisotopic (exact) mass is 575 g/mol. The van der Waals surface area contributed by atoms with E-state index in [1.807, 2.05) is 0 Å². The molecule has 2 amide bonds. The van der Waals surface area contributed by atoms with Gasteiger partial charge in [0, 0.05) is 24.0 Å². The molecule has 0 bridgehead atoms. The van der Waals surface area contributed by atoms with Gasteiger partial charge in [-0.15, -0.1) is 0 Å². The van der Waals surface area contributed by atoms with Crippen molar-refractivity contribution in [2.75, 3.05) is 6.61 Å². The number of aliphatic hydroxyl groups is 1. The number of pyridine rings is 1. The summed E-state index contributed by atoms with van der Waals surface area (Å²) in [7, 11) is 0. The molecule has 0 radical (unpaired) electrons. The second-order valence-electron chi connectivity index (χ2n) is 11.7. The Morgan fingerprint density at radius 3 is 2.62 bits per heavy atom. The molecule has 11 heteroatoms. The molecule has 2 aromatic rings. The minimum Gasteiger partial charge on any atom is -0.490 e. The average Bonchev–Trinajstić information content (AvgIpc) is 2.90. The highest BCUT2D eigenvalue weighted by Crippen LogP contribution is 2.57. The molecule has 1 spiro atoms. The Hall–Kier alpha value is -4.51. The molecule has 1 aromatic carbocycles. The predicted octanol–water partition coefficient (Wildman–Crippen LogP) is 3.48. The van der Waals surface area contributed by atoms with E-state index in [0.717, 1.165) is 31.9 Å². The largest absolute Gasteiger partial charge is 0.490 e. The van der Waals surface area contributed by atoms with Gasteiger partial charge in [0.05, 0.1) is 34.2 Å². The van der Waals surface area contributed by atoms with Crippen LogP contribution < -0.4 is 21.1 Å².